The Morgan fingerprint density at radius 2 is 2.09 bits per heavy atom. The molecule has 1 fully saturated rings. The van der Waals surface area contributed by atoms with Crippen molar-refractivity contribution < 1.29 is 14.7 Å². The van der Waals surface area contributed by atoms with Gasteiger partial charge in [0.25, 0.3) is 0 Å². The zero-order valence-corrected chi connectivity index (χ0v) is 12.7. The van der Waals surface area contributed by atoms with Gasteiger partial charge in [0.2, 0.25) is 5.91 Å². The predicted molar refractivity (Wildman–Crippen MR) is 84.0 cm³/mol. The summed E-state index contributed by atoms with van der Waals surface area (Å²) in [6.45, 7) is 0. The quantitative estimate of drug-likeness (QED) is 0.859. The summed E-state index contributed by atoms with van der Waals surface area (Å²) in [4.78, 5) is 26.9. The number of benzene rings is 1. The fourth-order valence-electron chi connectivity index (χ4n) is 2.48. The van der Waals surface area contributed by atoms with Crippen LogP contribution in [0.25, 0.3) is 0 Å². The van der Waals surface area contributed by atoms with E-state index in [1.807, 2.05) is 29.6 Å². The molecule has 0 spiro atoms. The third-order valence-corrected chi connectivity index (χ3v) is 4.46. The number of carbonyl (C=O) groups is 2. The molecule has 0 aliphatic heterocycles. The van der Waals surface area contributed by atoms with Crippen LogP contribution in [0.15, 0.2) is 35.2 Å². The number of aliphatic carboxylic acids is 1. The highest BCUT2D eigenvalue weighted by molar-refractivity contribution is 7.07. The first-order chi connectivity index (χ1) is 10.6. The summed E-state index contributed by atoms with van der Waals surface area (Å²) in [7, 11) is 0. The molecule has 1 saturated carbocycles. The van der Waals surface area contributed by atoms with E-state index in [4.69, 9.17) is 5.11 Å². The first-order valence-electron chi connectivity index (χ1n) is 7.13. The topological polar surface area (TPSA) is 79.3 Å². The summed E-state index contributed by atoms with van der Waals surface area (Å²) >= 11 is 1.52. The molecule has 2 N–H and O–H groups in total. The number of carbonyl (C=O) groups excluding carboxylic acids is 1. The molecule has 22 heavy (non-hydrogen) atoms. The molecule has 3 rings (SSSR count). The number of carboxylic acids is 1. The highest BCUT2D eigenvalue weighted by atomic mass is 32.1. The molecule has 0 unspecified atom stereocenters. The van der Waals surface area contributed by atoms with Crippen LogP contribution in [0.1, 0.15) is 30.0 Å². The second-order valence-corrected chi connectivity index (χ2v) is 6.16. The number of nitrogens with zero attached hydrogens (tertiary/aromatic N) is 1. The molecule has 1 aromatic heterocycles. The minimum atomic E-state index is -0.732. The van der Waals surface area contributed by atoms with Crippen LogP contribution in [0, 0.1) is 5.92 Å². The molecule has 6 heteroatoms. The number of thiazole rings is 1. The first kappa shape index (κ1) is 14.7. The van der Waals surface area contributed by atoms with Crippen molar-refractivity contribution in [2.24, 2.45) is 5.92 Å². The molecule has 1 aliphatic carbocycles. The van der Waals surface area contributed by atoms with Crippen molar-refractivity contribution in [2.45, 2.75) is 25.2 Å². The second-order valence-electron chi connectivity index (χ2n) is 5.44. The minimum absolute atomic E-state index is 0.0458. The number of aromatic nitrogens is 1. The van der Waals surface area contributed by atoms with Crippen molar-refractivity contribution in [1.29, 1.82) is 0 Å². The molecule has 1 heterocycles. The van der Waals surface area contributed by atoms with E-state index in [2.05, 4.69) is 10.3 Å². The number of hydrogen-bond donors (Lipinski definition) is 2. The number of anilines is 1. The Labute approximate surface area is 132 Å². The fourth-order valence-corrected chi connectivity index (χ4v) is 3.07. The average molecular weight is 316 g/mol. The zero-order valence-electron chi connectivity index (χ0n) is 11.9. The Morgan fingerprint density at radius 3 is 2.68 bits per heavy atom. The number of amides is 1. The third-order valence-electron chi connectivity index (χ3n) is 3.82. The van der Waals surface area contributed by atoms with E-state index in [0.717, 1.165) is 16.9 Å². The van der Waals surface area contributed by atoms with Crippen LogP contribution in [-0.2, 0) is 16.0 Å². The monoisotopic (exact) mass is 316 g/mol. The van der Waals surface area contributed by atoms with Gasteiger partial charge in [-0.1, -0.05) is 12.1 Å². The SMILES string of the molecule is O=C(CCc1cscn1)Nc1ccc([C@@H]2C[C@H]2C(=O)O)cc1. The van der Waals surface area contributed by atoms with Crippen LogP contribution in [-0.4, -0.2) is 22.0 Å². The summed E-state index contributed by atoms with van der Waals surface area (Å²) in [5, 5.41) is 13.7. The Balaban J connectivity index is 1.50. The molecule has 1 amide bonds. The lowest BCUT2D eigenvalue weighted by Crippen LogP contribution is -2.12. The van der Waals surface area contributed by atoms with Gasteiger partial charge in [-0.15, -0.1) is 11.3 Å². The van der Waals surface area contributed by atoms with Crippen molar-refractivity contribution in [3.05, 3.63) is 46.4 Å². The smallest absolute Gasteiger partial charge is 0.307 e. The highest BCUT2D eigenvalue weighted by Gasteiger charge is 2.43. The Hall–Kier alpha value is -2.21. The van der Waals surface area contributed by atoms with E-state index in [9.17, 15) is 9.59 Å². The summed E-state index contributed by atoms with van der Waals surface area (Å²) in [5.41, 5.74) is 4.45. The number of carboxylic acid groups (broad SMARTS) is 1. The largest absolute Gasteiger partial charge is 0.481 e. The summed E-state index contributed by atoms with van der Waals surface area (Å²) in [6.07, 6.45) is 1.74. The molecule has 0 radical (unpaired) electrons. The van der Waals surface area contributed by atoms with Crippen LogP contribution in [0.5, 0.6) is 0 Å². The van der Waals surface area contributed by atoms with Crippen molar-refractivity contribution in [3.8, 4) is 0 Å². The first-order valence-corrected chi connectivity index (χ1v) is 8.07. The van der Waals surface area contributed by atoms with Crippen molar-refractivity contribution in [1.82, 2.24) is 4.98 Å². The molecular weight excluding hydrogens is 300 g/mol. The van der Waals surface area contributed by atoms with E-state index in [-0.39, 0.29) is 17.7 Å². The van der Waals surface area contributed by atoms with Gasteiger partial charge in [0.1, 0.15) is 0 Å². The highest BCUT2D eigenvalue weighted by Crippen LogP contribution is 2.47. The molecule has 1 aliphatic rings. The van der Waals surface area contributed by atoms with Gasteiger partial charge in [-0.2, -0.15) is 0 Å². The maximum atomic E-state index is 11.9. The third kappa shape index (κ3) is 3.51. The lowest BCUT2D eigenvalue weighted by molar-refractivity contribution is -0.138. The van der Waals surface area contributed by atoms with Gasteiger partial charge >= 0.3 is 5.97 Å². The molecule has 2 aromatic rings. The van der Waals surface area contributed by atoms with Crippen LogP contribution >= 0.6 is 11.3 Å². The Kier molecular flexibility index (Phi) is 4.20. The minimum Gasteiger partial charge on any atom is -0.481 e. The number of aryl methyl sites for hydroxylation is 1. The van der Waals surface area contributed by atoms with Gasteiger partial charge in [0.05, 0.1) is 17.1 Å². The van der Waals surface area contributed by atoms with Gasteiger partial charge in [-0.05, 0) is 36.5 Å². The van der Waals surface area contributed by atoms with Gasteiger partial charge in [0, 0.05) is 17.5 Å². The predicted octanol–water partition coefficient (Wildman–Crippen LogP) is 2.90. The van der Waals surface area contributed by atoms with Crippen LogP contribution in [0.3, 0.4) is 0 Å². The second kappa shape index (κ2) is 6.27. The molecule has 0 saturated heterocycles. The Morgan fingerprint density at radius 1 is 1.32 bits per heavy atom. The molecule has 2 atom stereocenters. The molecule has 0 bridgehead atoms. The Bertz CT molecular complexity index is 667. The standard InChI is InChI=1S/C16H16N2O3S/c19-15(6-5-12-8-22-9-17-12)18-11-3-1-10(2-4-11)13-7-14(13)16(20)21/h1-4,8-9,13-14H,5-7H2,(H,18,19)(H,20,21)/t13-,14+/m0/s1. The maximum absolute atomic E-state index is 11.9. The van der Waals surface area contributed by atoms with Crippen molar-refractivity contribution >= 4 is 28.9 Å². The van der Waals surface area contributed by atoms with E-state index in [1.54, 1.807) is 5.51 Å². The molecule has 1 aromatic carbocycles. The van der Waals surface area contributed by atoms with Crippen molar-refractivity contribution in [2.75, 3.05) is 5.32 Å². The summed E-state index contributed by atoms with van der Waals surface area (Å²) in [5.74, 6) is -0.912. The van der Waals surface area contributed by atoms with Crippen LogP contribution < -0.4 is 5.32 Å². The average Bonchev–Trinajstić information content (AvgIpc) is 3.14. The lowest BCUT2D eigenvalue weighted by Gasteiger charge is -2.06. The summed E-state index contributed by atoms with van der Waals surface area (Å²) < 4.78 is 0. The van der Waals surface area contributed by atoms with E-state index in [0.29, 0.717) is 19.3 Å². The van der Waals surface area contributed by atoms with E-state index in [1.165, 1.54) is 11.3 Å². The van der Waals surface area contributed by atoms with E-state index >= 15 is 0 Å². The van der Waals surface area contributed by atoms with Crippen molar-refractivity contribution in [3.63, 3.8) is 0 Å². The van der Waals surface area contributed by atoms with Gasteiger partial charge in [-0.25, -0.2) is 4.98 Å². The number of hydrogen-bond acceptors (Lipinski definition) is 4. The van der Waals surface area contributed by atoms with E-state index < -0.39 is 5.97 Å². The zero-order chi connectivity index (χ0) is 15.5. The van der Waals surface area contributed by atoms with Gasteiger partial charge in [-0.3, -0.25) is 9.59 Å². The number of nitrogens with one attached hydrogen (secondary N) is 1. The van der Waals surface area contributed by atoms with Crippen LogP contribution in [0.2, 0.25) is 0 Å². The molecule has 114 valence electrons. The van der Waals surface area contributed by atoms with Gasteiger partial charge in [0.15, 0.2) is 0 Å². The number of rotatable bonds is 6. The molecule has 5 nitrogen and oxygen atoms in total. The normalized spacial score (nSPS) is 19.6. The lowest BCUT2D eigenvalue weighted by atomic mass is 10.1. The summed E-state index contributed by atoms with van der Waals surface area (Å²) in [6, 6.07) is 7.44. The van der Waals surface area contributed by atoms with Crippen LogP contribution in [0.4, 0.5) is 5.69 Å². The molecular formula is C16H16N2O3S. The fraction of sp³-hybridized carbons (Fsp3) is 0.312. The maximum Gasteiger partial charge on any atom is 0.307 e. The van der Waals surface area contributed by atoms with Gasteiger partial charge < -0.3 is 10.4 Å².